The molecule has 164 valence electrons. The molecular formula is C24H22ClN3O3S. The molecule has 0 aliphatic rings. The summed E-state index contributed by atoms with van der Waals surface area (Å²) in [4.78, 5) is 24.3. The molecule has 0 aromatic heterocycles. The molecule has 3 aromatic carbocycles. The molecular weight excluding hydrogens is 446 g/mol. The molecule has 0 saturated heterocycles. The van der Waals surface area contributed by atoms with Crippen LogP contribution in [0.15, 0.2) is 78.9 Å². The van der Waals surface area contributed by atoms with Crippen molar-refractivity contribution in [3.63, 3.8) is 0 Å². The number of thiocarbonyl (C=S) groups is 1. The van der Waals surface area contributed by atoms with Crippen LogP contribution in [0.25, 0.3) is 0 Å². The summed E-state index contributed by atoms with van der Waals surface area (Å²) in [5.41, 5.74) is 7.34. The van der Waals surface area contributed by atoms with Crippen molar-refractivity contribution in [2.45, 2.75) is 19.4 Å². The average molecular weight is 468 g/mol. The van der Waals surface area contributed by atoms with Gasteiger partial charge in [0, 0.05) is 17.0 Å². The van der Waals surface area contributed by atoms with Crippen LogP contribution in [-0.4, -0.2) is 16.9 Å². The summed E-state index contributed by atoms with van der Waals surface area (Å²) in [6, 6.07) is 23.9. The van der Waals surface area contributed by atoms with Gasteiger partial charge in [0.05, 0.1) is 0 Å². The van der Waals surface area contributed by atoms with Crippen molar-refractivity contribution in [3.05, 3.63) is 101 Å². The molecule has 3 rings (SSSR count). The normalized spacial score (nSPS) is 10.2. The standard InChI is InChI=1S/C24H22ClN3O3S/c25-21-9-5-4-8-18(21)12-15-22(29)26-24(32)28-27-23(30)19-10-13-20(14-11-19)31-16-17-6-2-1-3-7-17/h1-11,13-14H,12,15-16H2,(H,27,30)(H2,26,28,29,32). The van der Waals surface area contributed by atoms with E-state index in [0.29, 0.717) is 29.4 Å². The summed E-state index contributed by atoms with van der Waals surface area (Å²) in [7, 11) is 0. The van der Waals surface area contributed by atoms with E-state index < -0.39 is 5.91 Å². The Morgan fingerprint density at radius 3 is 2.28 bits per heavy atom. The third-order valence-corrected chi connectivity index (χ3v) is 5.06. The minimum absolute atomic E-state index is 0.00493. The molecule has 2 amide bonds. The van der Waals surface area contributed by atoms with E-state index in [4.69, 9.17) is 28.6 Å². The van der Waals surface area contributed by atoms with E-state index in [9.17, 15) is 9.59 Å². The summed E-state index contributed by atoms with van der Waals surface area (Å²) in [5, 5.41) is 3.14. The molecule has 0 radical (unpaired) electrons. The van der Waals surface area contributed by atoms with E-state index in [2.05, 4.69) is 16.2 Å². The van der Waals surface area contributed by atoms with Crippen LogP contribution < -0.4 is 20.9 Å². The van der Waals surface area contributed by atoms with Gasteiger partial charge >= 0.3 is 0 Å². The van der Waals surface area contributed by atoms with Gasteiger partial charge in [0.2, 0.25) is 5.91 Å². The van der Waals surface area contributed by atoms with Crippen LogP contribution >= 0.6 is 23.8 Å². The SMILES string of the molecule is O=C(CCc1ccccc1Cl)NC(=S)NNC(=O)c1ccc(OCc2ccccc2)cc1. The molecule has 0 aliphatic carbocycles. The van der Waals surface area contributed by atoms with E-state index in [0.717, 1.165) is 11.1 Å². The lowest BCUT2D eigenvalue weighted by Gasteiger charge is -2.11. The second-order valence-electron chi connectivity index (χ2n) is 6.85. The number of carbonyl (C=O) groups is 2. The van der Waals surface area contributed by atoms with Crippen LogP contribution in [0, 0.1) is 0 Å². The number of halogens is 1. The molecule has 6 nitrogen and oxygen atoms in total. The molecule has 0 saturated carbocycles. The zero-order chi connectivity index (χ0) is 22.8. The number of benzene rings is 3. The molecule has 0 atom stereocenters. The van der Waals surface area contributed by atoms with E-state index in [-0.39, 0.29) is 17.4 Å². The first-order chi connectivity index (χ1) is 15.5. The van der Waals surface area contributed by atoms with Crippen molar-refractivity contribution in [3.8, 4) is 5.75 Å². The first kappa shape index (κ1) is 23.2. The summed E-state index contributed by atoms with van der Waals surface area (Å²) < 4.78 is 5.71. The summed E-state index contributed by atoms with van der Waals surface area (Å²) in [6.45, 7) is 0.443. The highest BCUT2D eigenvalue weighted by atomic mass is 35.5. The molecule has 0 bridgehead atoms. The monoisotopic (exact) mass is 467 g/mol. The molecule has 32 heavy (non-hydrogen) atoms. The van der Waals surface area contributed by atoms with Crippen molar-refractivity contribution in [2.75, 3.05) is 0 Å². The van der Waals surface area contributed by atoms with Gasteiger partial charge in [0.25, 0.3) is 5.91 Å². The Morgan fingerprint density at radius 2 is 1.56 bits per heavy atom. The molecule has 0 heterocycles. The highest BCUT2D eigenvalue weighted by molar-refractivity contribution is 7.80. The Morgan fingerprint density at radius 1 is 0.875 bits per heavy atom. The van der Waals surface area contributed by atoms with Gasteiger partial charge in [-0.25, -0.2) is 0 Å². The first-order valence-electron chi connectivity index (χ1n) is 9.91. The molecule has 0 aliphatic heterocycles. The van der Waals surface area contributed by atoms with Crippen LogP contribution in [0.2, 0.25) is 5.02 Å². The number of rotatable bonds is 7. The summed E-state index contributed by atoms with van der Waals surface area (Å²) in [6.07, 6.45) is 0.698. The van der Waals surface area contributed by atoms with Gasteiger partial charge < -0.3 is 10.1 Å². The average Bonchev–Trinajstić information content (AvgIpc) is 2.81. The van der Waals surface area contributed by atoms with Gasteiger partial charge in [-0.3, -0.25) is 20.4 Å². The number of amides is 2. The molecule has 8 heteroatoms. The number of hydrogen-bond donors (Lipinski definition) is 3. The van der Waals surface area contributed by atoms with Crippen LogP contribution in [-0.2, 0) is 17.8 Å². The van der Waals surface area contributed by atoms with Gasteiger partial charge in [-0.15, -0.1) is 0 Å². The fraction of sp³-hybridized carbons (Fsp3) is 0.125. The lowest BCUT2D eigenvalue weighted by atomic mass is 10.1. The predicted octanol–water partition coefficient (Wildman–Crippen LogP) is 4.19. The van der Waals surface area contributed by atoms with Gasteiger partial charge in [-0.2, -0.15) is 0 Å². The number of carbonyl (C=O) groups excluding carboxylic acids is 2. The van der Waals surface area contributed by atoms with Crippen molar-refractivity contribution < 1.29 is 14.3 Å². The fourth-order valence-electron chi connectivity index (χ4n) is 2.80. The smallest absolute Gasteiger partial charge is 0.269 e. The second-order valence-corrected chi connectivity index (χ2v) is 7.66. The molecule has 0 unspecified atom stereocenters. The summed E-state index contributed by atoms with van der Waals surface area (Å²) >= 11 is 11.1. The van der Waals surface area contributed by atoms with Gasteiger partial charge in [-0.05, 0) is 60.1 Å². The number of ether oxygens (including phenoxy) is 1. The number of hydrazine groups is 1. The van der Waals surface area contributed by atoms with Crippen LogP contribution in [0.5, 0.6) is 5.75 Å². The predicted molar refractivity (Wildman–Crippen MR) is 128 cm³/mol. The van der Waals surface area contributed by atoms with E-state index in [1.54, 1.807) is 30.3 Å². The Labute approximate surface area is 196 Å². The maximum absolute atomic E-state index is 12.3. The van der Waals surface area contributed by atoms with Crippen LogP contribution in [0.4, 0.5) is 0 Å². The highest BCUT2D eigenvalue weighted by Crippen LogP contribution is 2.16. The van der Waals surface area contributed by atoms with Gasteiger partial charge in [0.15, 0.2) is 5.11 Å². The quantitative estimate of drug-likeness (QED) is 0.358. The first-order valence-corrected chi connectivity index (χ1v) is 10.7. The fourth-order valence-corrected chi connectivity index (χ4v) is 3.19. The van der Waals surface area contributed by atoms with E-state index in [1.165, 1.54) is 0 Å². The van der Waals surface area contributed by atoms with Crippen LogP contribution in [0.1, 0.15) is 27.9 Å². The summed E-state index contributed by atoms with van der Waals surface area (Å²) in [5.74, 6) is -0.0245. The number of hydrogen-bond acceptors (Lipinski definition) is 4. The lowest BCUT2D eigenvalue weighted by molar-refractivity contribution is -0.119. The minimum Gasteiger partial charge on any atom is -0.489 e. The zero-order valence-electron chi connectivity index (χ0n) is 17.1. The molecule has 3 aromatic rings. The zero-order valence-corrected chi connectivity index (χ0v) is 18.7. The third-order valence-electron chi connectivity index (χ3n) is 4.49. The molecule has 3 N–H and O–H groups in total. The minimum atomic E-state index is -0.396. The topological polar surface area (TPSA) is 79.5 Å². The van der Waals surface area contributed by atoms with Crippen molar-refractivity contribution in [1.82, 2.24) is 16.2 Å². The number of aryl methyl sites for hydroxylation is 1. The van der Waals surface area contributed by atoms with E-state index in [1.807, 2.05) is 48.5 Å². The van der Waals surface area contributed by atoms with E-state index >= 15 is 0 Å². The maximum Gasteiger partial charge on any atom is 0.269 e. The Kier molecular flexibility index (Phi) is 8.60. The Hall–Kier alpha value is -3.42. The molecule has 0 spiro atoms. The second kappa shape index (κ2) is 11.8. The number of nitrogens with one attached hydrogen (secondary N) is 3. The van der Waals surface area contributed by atoms with Gasteiger partial charge in [-0.1, -0.05) is 60.1 Å². The maximum atomic E-state index is 12.3. The lowest BCUT2D eigenvalue weighted by Crippen LogP contribution is -2.48. The van der Waals surface area contributed by atoms with Gasteiger partial charge in [0.1, 0.15) is 12.4 Å². The third kappa shape index (κ3) is 7.37. The largest absolute Gasteiger partial charge is 0.489 e. The van der Waals surface area contributed by atoms with Crippen LogP contribution in [0.3, 0.4) is 0 Å². The van der Waals surface area contributed by atoms with Crippen molar-refractivity contribution in [2.24, 2.45) is 0 Å². The highest BCUT2D eigenvalue weighted by Gasteiger charge is 2.09. The Balaban J connectivity index is 1.39. The Bertz CT molecular complexity index is 1080. The van der Waals surface area contributed by atoms with Crippen molar-refractivity contribution >= 4 is 40.7 Å². The molecule has 0 fully saturated rings. The van der Waals surface area contributed by atoms with Crippen molar-refractivity contribution in [1.29, 1.82) is 0 Å².